The number of amides is 3. The average molecular weight is 888 g/mol. The summed E-state index contributed by atoms with van der Waals surface area (Å²) >= 11 is 0. The van der Waals surface area contributed by atoms with Crippen molar-refractivity contribution >= 4 is 47.8 Å². The standard InChI is InChI=1S/C14H19NO3.C14H17NO3.C14H15NO3.C3H7.Rh/c3*1-11(16)15-13(14(17)18-2)10-6-9-12-7-4-3-5-8-12;1-3-2;/h3-5,7-8,13H,6,9-10H2,1-2H3,(H,15,16);3-9,13H,10H2,1-2H3,(H,15,16);3-10H,1-2H3,(H,15,16);1,3H2,2H3;/q;;;-1;/b;9-6+;9-6+,13-10-;;/t2*13-;;;/m00.../s1. The van der Waals surface area contributed by atoms with Crippen LogP contribution >= 0.6 is 0 Å². The van der Waals surface area contributed by atoms with Crippen LogP contribution in [-0.2, 0) is 68.9 Å². The largest absolute Gasteiger partial charge is 0.467 e. The molecule has 58 heavy (non-hydrogen) atoms. The monoisotopic (exact) mass is 887 g/mol. The van der Waals surface area contributed by atoms with Crippen LogP contribution in [0.3, 0.4) is 0 Å². The third-order valence-corrected chi connectivity index (χ3v) is 7.08. The molecule has 0 fully saturated rings. The van der Waals surface area contributed by atoms with E-state index in [1.54, 1.807) is 6.08 Å². The number of esters is 3. The summed E-state index contributed by atoms with van der Waals surface area (Å²) in [7, 11) is 3.89. The molecule has 0 heterocycles. The number of benzene rings is 3. The number of rotatable bonds is 15. The van der Waals surface area contributed by atoms with Gasteiger partial charge in [-0.15, -0.1) is 0 Å². The van der Waals surface area contributed by atoms with E-state index in [1.807, 2.05) is 116 Å². The maximum absolute atomic E-state index is 11.5. The second-order valence-electron chi connectivity index (χ2n) is 12.0. The van der Waals surface area contributed by atoms with Gasteiger partial charge < -0.3 is 37.1 Å². The molecule has 3 N–H and O–H groups in total. The molecule has 13 heteroatoms. The van der Waals surface area contributed by atoms with Crippen molar-refractivity contribution in [1.29, 1.82) is 0 Å². The molecule has 2 atom stereocenters. The molecule has 12 nitrogen and oxygen atoms in total. The van der Waals surface area contributed by atoms with Crippen LogP contribution in [0.2, 0.25) is 0 Å². The van der Waals surface area contributed by atoms with Crippen LogP contribution in [-0.4, -0.2) is 69.0 Å². The van der Waals surface area contributed by atoms with Crippen LogP contribution in [0.15, 0.2) is 115 Å². The van der Waals surface area contributed by atoms with E-state index in [2.05, 4.69) is 37.1 Å². The average Bonchev–Trinajstić information content (AvgIpc) is 3.20. The Bertz CT molecular complexity index is 1710. The summed E-state index contributed by atoms with van der Waals surface area (Å²) < 4.78 is 13.9. The minimum absolute atomic E-state index is 0. The van der Waals surface area contributed by atoms with Gasteiger partial charge >= 0.3 is 17.9 Å². The van der Waals surface area contributed by atoms with E-state index in [1.165, 1.54) is 53.7 Å². The van der Waals surface area contributed by atoms with Gasteiger partial charge in [-0.25, -0.2) is 14.4 Å². The zero-order valence-electron chi connectivity index (χ0n) is 34.5. The van der Waals surface area contributed by atoms with E-state index in [4.69, 9.17) is 0 Å². The van der Waals surface area contributed by atoms with Crippen LogP contribution in [0.4, 0.5) is 0 Å². The van der Waals surface area contributed by atoms with Crippen molar-refractivity contribution < 1.29 is 62.5 Å². The Morgan fingerprint density at radius 3 is 1.55 bits per heavy atom. The van der Waals surface area contributed by atoms with E-state index >= 15 is 0 Å². The van der Waals surface area contributed by atoms with Gasteiger partial charge in [-0.3, -0.25) is 14.4 Å². The number of carbonyl (C=O) groups is 6. The number of ether oxygens (including phenoxy) is 3. The fraction of sp³-hybridized carbons (Fsp3) is 0.311. The van der Waals surface area contributed by atoms with Gasteiger partial charge in [-0.1, -0.05) is 122 Å². The first-order chi connectivity index (χ1) is 27.3. The summed E-state index contributed by atoms with van der Waals surface area (Å²) in [5.74, 6) is -2.20. The Morgan fingerprint density at radius 2 is 1.10 bits per heavy atom. The van der Waals surface area contributed by atoms with E-state index in [0.29, 0.717) is 12.8 Å². The van der Waals surface area contributed by atoms with Crippen LogP contribution in [0.25, 0.3) is 12.2 Å². The van der Waals surface area contributed by atoms with E-state index in [0.717, 1.165) is 30.4 Å². The normalized spacial score (nSPS) is 11.2. The summed E-state index contributed by atoms with van der Waals surface area (Å²) in [6.07, 6.45) is 12.4. The molecule has 3 rings (SSSR count). The molecule has 317 valence electrons. The fourth-order valence-corrected chi connectivity index (χ4v) is 4.58. The number of hydrogen-bond acceptors (Lipinski definition) is 9. The van der Waals surface area contributed by atoms with Crippen molar-refractivity contribution in [3.63, 3.8) is 0 Å². The minimum Gasteiger partial charge on any atom is -0.467 e. The quantitative estimate of drug-likeness (QED) is 0.0382. The third kappa shape index (κ3) is 27.8. The van der Waals surface area contributed by atoms with Crippen molar-refractivity contribution in [2.24, 2.45) is 0 Å². The Labute approximate surface area is 356 Å². The predicted molar refractivity (Wildman–Crippen MR) is 224 cm³/mol. The summed E-state index contributed by atoms with van der Waals surface area (Å²) in [6.45, 7) is 9.60. The topological polar surface area (TPSA) is 166 Å². The molecule has 3 amide bonds. The third-order valence-electron chi connectivity index (χ3n) is 7.08. The van der Waals surface area contributed by atoms with Crippen molar-refractivity contribution in [2.75, 3.05) is 21.3 Å². The molecular formula is C45H58N3O9Rh-. The number of allylic oxidation sites excluding steroid dienone is 2. The van der Waals surface area contributed by atoms with E-state index in [-0.39, 0.29) is 42.9 Å². The number of hydrogen-bond donors (Lipinski definition) is 3. The molecule has 0 aliphatic rings. The van der Waals surface area contributed by atoms with Gasteiger partial charge in [-0.05, 0) is 48.4 Å². The summed E-state index contributed by atoms with van der Waals surface area (Å²) in [5, 5.41) is 7.57. The molecule has 3 aromatic carbocycles. The summed E-state index contributed by atoms with van der Waals surface area (Å²) in [6, 6.07) is 28.2. The van der Waals surface area contributed by atoms with Gasteiger partial charge in [-0.2, -0.15) is 6.42 Å². The Morgan fingerprint density at radius 1 is 0.655 bits per heavy atom. The molecule has 0 spiro atoms. The van der Waals surface area contributed by atoms with Gasteiger partial charge in [0, 0.05) is 40.2 Å². The molecule has 0 bridgehead atoms. The maximum Gasteiger partial charge on any atom is 0.354 e. The molecule has 0 saturated heterocycles. The van der Waals surface area contributed by atoms with Gasteiger partial charge in [0.1, 0.15) is 17.8 Å². The summed E-state index contributed by atoms with van der Waals surface area (Å²) in [4.78, 5) is 67.1. The predicted octanol–water partition coefficient (Wildman–Crippen LogP) is 6.58. The number of methoxy groups -OCH3 is 3. The molecule has 0 saturated carbocycles. The molecule has 0 aliphatic carbocycles. The molecule has 0 unspecified atom stereocenters. The zero-order chi connectivity index (χ0) is 42.8. The van der Waals surface area contributed by atoms with E-state index in [9.17, 15) is 28.8 Å². The maximum atomic E-state index is 11.5. The molecular weight excluding hydrogens is 829 g/mol. The van der Waals surface area contributed by atoms with Gasteiger partial charge in [0.15, 0.2) is 0 Å². The smallest absolute Gasteiger partial charge is 0.354 e. The fourth-order valence-electron chi connectivity index (χ4n) is 4.58. The first-order valence-electron chi connectivity index (χ1n) is 18.4. The Kier molecular flexibility index (Phi) is 32.4. The Hall–Kier alpha value is -5.68. The second kappa shape index (κ2) is 34.6. The van der Waals surface area contributed by atoms with Crippen molar-refractivity contribution in [3.05, 3.63) is 139 Å². The van der Waals surface area contributed by atoms with Crippen molar-refractivity contribution in [1.82, 2.24) is 16.0 Å². The van der Waals surface area contributed by atoms with Gasteiger partial charge in [0.25, 0.3) is 0 Å². The Balaban J connectivity index is 0. The molecule has 1 radical (unpaired) electrons. The first kappa shape index (κ1) is 54.4. The van der Waals surface area contributed by atoms with Crippen LogP contribution in [0.1, 0.15) is 70.1 Å². The van der Waals surface area contributed by atoms with Crippen LogP contribution < -0.4 is 16.0 Å². The van der Waals surface area contributed by atoms with Crippen molar-refractivity contribution in [2.45, 2.75) is 71.9 Å². The molecule has 3 aromatic rings. The van der Waals surface area contributed by atoms with E-state index < -0.39 is 30.0 Å². The first-order valence-corrected chi connectivity index (χ1v) is 18.4. The second-order valence-corrected chi connectivity index (χ2v) is 12.0. The van der Waals surface area contributed by atoms with Crippen molar-refractivity contribution in [3.8, 4) is 0 Å². The molecule has 0 aliphatic heterocycles. The van der Waals surface area contributed by atoms with Gasteiger partial charge in [0.05, 0.1) is 21.3 Å². The number of nitrogens with one attached hydrogen (secondary N) is 3. The SMILES string of the molecule is COC(=O)/C(=C/C=C/c1ccccc1)NC(C)=O.COC(=O)[C@H](C/C=C/c1ccccc1)NC(C)=O.COC(=O)[C@H](CCCc1ccccc1)NC(C)=O.[CH2-]CC.[Rh]. The van der Waals surface area contributed by atoms with Crippen LogP contribution in [0, 0.1) is 6.92 Å². The summed E-state index contributed by atoms with van der Waals surface area (Å²) in [5.41, 5.74) is 3.38. The van der Waals surface area contributed by atoms with Gasteiger partial charge in [0.2, 0.25) is 17.7 Å². The minimum atomic E-state index is -0.632. The number of aryl methyl sites for hydroxylation is 1. The van der Waals surface area contributed by atoms with Crippen LogP contribution in [0.5, 0.6) is 0 Å². The zero-order valence-corrected chi connectivity index (χ0v) is 36.1. The molecule has 0 aromatic heterocycles. The number of carbonyl (C=O) groups excluding carboxylic acids is 6.